The van der Waals surface area contributed by atoms with Crippen molar-refractivity contribution in [2.75, 3.05) is 19.0 Å². The van der Waals surface area contributed by atoms with Crippen molar-refractivity contribution in [3.63, 3.8) is 0 Å². The van der Waals surface area contributed by atoms with E-state index in [9.17, 15) is 14.4 Å². The summed E-state index contributed by atoms with van der Waals surface area (Å²) in [7, 11) is 1.33. The molecule has 0 aliphatic carbocycles. The minimum Gasteiger partial charge on any atom is -0.465 e. The molecule has 1 aromatic carbocycles. The summed E-state index contributed by atoms with van der Waals surface area (Å²) in [6, 6.07) is 5.14. The maximum atomic E-state index is 12.0. The van der Waals surface area contributed by atoms with Crippen LogP contribution < -0.4 is 10.6 Å². The molecule has 0 bridgehead atoms. The van der Waals surface area contributed by atoms with Gasteiger partial charge in [0.15, 0.2) is 0 Å². The van der Waals surface area contributed by atoms with Crippen LogP contribution >= 0.6 is 0 Å². The fourth-order valence-corrected chi connectivity index (χ4v) is 2.17. The third kappa shape index (κ3) is 6.50. The summed E-state index contributed by atoms with van der Waals surface area (Å²) in [5, 5.41) is 5.54. The normalized spacial score (nSPS) is 10.0. The van der Waals surface area contributed by atoms with Gasteiger partial charge in [0.25, 0.3) is 0 Å². The van der Waals surface area contributed by atoms with Crippen LogP contribution in [0.4, 0.5) is 5.69 Å². The van der Waals surface area contributed by atoms with Crippen molar-refractivity contribution in [1.29, 1.82) is 0 Å². The smallest absolute Gasteiger partial charge is 0.338 e. The summed E-state index contributed by atoms with van der Waals surface area (Å²) in [6.45, 7) is 3.89. The van der Waals surface area contributed by atoms with E-state index in [0.717, 1.165) is 19.3 Å². The number of nitrogens with one attached hydrogen (secondary N) is 2. The van der Waals surface area contributed by atoms with Crippen molar-refractivity contribution in [3.8, 4) is 0 Å². The van der Waals surface area contributed by atoms with Crippen molar-refractivity contribution < 1.29 is 19.1 Å². The van der Waals surface area contributed by atoms with Crippen LogP contribution in [0, 0.1) is 6.92 Å². The van der Waals surface area contributed by atoms with Gasteiger partial charge in [0.05, 0.1) is 12.7 Å². The molecule has 0 saturated carbocycles. The molecular formula is C17H24N2O4. The molecule has 1 aromatic rings. The van der Waals surface area contributed by atoms with E-state index in [-0.39, 0.29) is 11.8 Å². The number of hydrogen-bond donors (Lipinski definition) is 2. The molecule has 0 aliphatic heterocycles. The Morgan fingerprint density at radius 3 is 2.52 bits per heavy atom. The van der Waals surface area contributed by atoms with Gasteiger partial charge in [-0.05, 0) is 37.5 Å². The molecule has 2 N–H and O–H groups in total. The maximum absolute atomic E-state index is 12.0. The van der Waals surface area contributed by atoms with Gasteiger partial charge in [-0.1, -0.05) is 12.5 Å². The molecule has 0 saturated heterocycles. The van der Waals surface area contributed by atoms with Crippen molar-refractivity contribution in [3.05, 3.63) is 29.3 Å². The monoisotopic (exact) mass is 320 g/mol. The fourth-order valence-electron chi connectivity index (χ4n) is 2.17. The zero-order valence-corrected chi connectivity index (χ0v) is 13.9. The van der Waals surface area contributed by atoms with E-state index in [1.165, 1.54) is 14.0 Å². The molecule has 6 nitrogen and oxygen atoms in total. The first-order valence-corrected chi connectivity index (χ1v) is 7.68. The highest BCUT2D eigenvalue weighted by atomic mass is 16.5. The first kappa shape index (κ1) is 18.7. The van der Waals surface area contributed by atoms with Crippen LogP contribution in [-0.4, -0.2) is 31.4 Å². The summed E-state index contributed by atoms with van der Waals surface area (Å²) < 4.78 is 4.71. The minimum atomic E-state index is -0.420. The lowest BCUT2D eigenvalue weighted by molar-refractivity contribution is -0.119. The second kappa shape index (κ2) is 9.61. The van der Waals surface area contributed by atoms with Gasteiger partial charge >= 0.3 is 5.97 Å². The quantitative estimate of drug-likeness (QED) is 0.569. The van der Waals surface area contributed by atoms with E-state index in [2.05, 4.69) is 10.6 Å². The van der Waals surface area contributed by atoms with Crippen LogP contribution in [0.25, 0.3) is 0 Å². The van der Waals surface area contributed by atoms with Gasteiger partial charge in [0, 0.05) is 25.6 Å². The van der Waals surface area contributed by atoms with Crippen LogP contribution in [0.5, 0.6) is 0 Å². The van der Waals surface area contributed by atoms with Crippen LogP contribution in [0.1, 0.15) is 48.5 Å². The molecule has 0 aromatic heterocycles. The number of amides is 2. The molecule has 0 heterocycles. The summed E-state index contributed by atoms with van der Waals surface area (Å²) in [6.07, 6.45) is 2.88. The number of carbonyl (C=O) groups excluding carboxylic acids is 3. The summed E-state index contributed by atoms with van der Waals surface area (Å²) in [4.78, 5) is 34.3. The van der Waals surface area contributed by atoms with E-state index in [4.69, 9.17) is 4.74 Å². The molecule has 23 heavy (non-hydrogen) atoms. The Morgan fingerprint density at radius 2 is 1.87 bits per heavy atom. The summed E-state index contributed by atoms with van der Waals surface area (Å²) in [5.74, 6) is -0.546. The van der Waals surface area contributed by atoms with Crippen molar-refractivity contribution in [2.24, 2.45) is 0 Å². The predicted octanol–water partition coefficient (Wildman–Crippen LogP) is 2.42. The molecule has 0 aliphatic rings. The van der Waals surface area contributed by atoms with Gasteiger partial charge in [-0.2, -0.15) is 0 Å². The summed E-state index contributed by atoms with van der Waals surface area (Å²) >= 11 is 0. The van der Waals surface area contributed by atoms with Crippen LogP contribution in [0.2, 0.25) is 0 Å². The van der Waals surface area contributed by atoms with Crippen molar-refractivity contribution in [2.45, 2.75) is 39.5 Å². The zero-order valence-electron chi connectivity index (χ0n) is 13.9. The molecule has 0 spiro atoms. The number of methoxy groups -OCH3 is 1. The Bertz CT molecular complexity index is 570. The zero-order chi connectivity index (χ0) is 17.2. The van der Waals surface area contributed by atoms with Gasteiger partial charge < -0.3 is 15.4 Å². The van der Waals surface area contributed by atoms with Gasteiger partial charge in [0.2, 0.25) is 11.8 Å². The van der Waals surface area contributed by atoms with Crippen LogP contribution in [0.15, 0.2) is 18.2 Å². The highest BCUT2D eigenvalue weighted by Crippen LogP contribution is 2.20. The molecule has 0 atom stereocenters. The standard InChI is InChI=1S/C17H24N2O4/c1-12-14(17(22)23-3)8-7-9-15(12)19-16(21)10-5-4-6-11-18-13(2)20/h7-9H,4-6,10-11H2,1-3H3,(H,18,20)(H,19,21). The SMILES string of the molecule is COC(=O)c1cccc(NC(=O)CCCCCNC(C)=O)c1C. The van der Waals surface area contributed by atoms with Crippen molar-refractivity contribution >= 4 is 23.5 Å². The highest BCUT2D eigenvalue weighted by Gasteiger charge is 2.13. The second-order valence-corrected chi connectivity index (χ2v) is 5.31. The van der Waals surface area contributed by atoms with Gasteiger partial charge in [0.1, 0.15) is 0 Å². The molecule has 2 amide bonds. The number of unbranched alkanes of at least 4 members (excludes halogenated alkanes) is 2. The average molecular weight is 320 g/mol. The number of esters is 1. The molecular weight excluding hydrogens is 296 g/mol. The lowest BCUT2D eigenvalue weighted by Crippen LogP contribution is -2.20. The van der Waals surface area contributed by atoms with Crippen LogP contribution in [0.3, 0.4) is 0 Å². The summed E-state index contributed by atoms with van der Waals surface area (Å²) in [5.41, 5.74) is 1.76. The van der Waals surface area contributed by atoms with E-state index in [1.807, 2.05) is 0 Å². The number of ether oxygens (including phenoxy) is 1. The predicted molar refractivity (Wildman–Crippen MR) is 88.3 cm³/mol. The highest BCUT2D eigenvalue weighted by molar-refractivity contribution is 5.96. The number of benzene rings is 1. The number of hydrogen-bond acceptors (Lipinski definition) is 4. The molecule has 126 valence electrons. The number of anilines is 1. The molecule has 0 radical (unpaired) electrons. The topological polar surface area (TPSA) is 84.5 Å². The second-order valence-electron chi connectivity index (χ2n) is 5.31. The third-order valence-corrected chi connectivity index (χ3v) is 3.47. The van der Waals surface area contributed by atoms with Crippen molar-refractivity contribution in [1.82, 2.24) is 5.32 Å². The van der Waals surface area contributed by atoms with E-state index >= 15 is 0 Å². The van der Waals surface area contributed by atoms with Crippen LogP contribution in [-0.2, 0) is 14.3 Å². The Kier molecular flexibility index (Phi) is 7.80. The Hall–Kier alpha value is -2.37. The molecule has 1 rings (SSSR count). The lowest BCUT2D eigenvalue weighted by Gasteiger charge is -2.11. The lowest BCUT2D eigenvalue weighted by atomic mass is 10.1. The molecule has 0 unspecified atom stereocenters. The molecule has 6 heteroatoms. The van der Waals surface area contributed by atoms with Gasteiger partial charge in [-0.3, -0.25) is 9.59 Å². The first-order chi connectivity index (χ1) is 11.0. The Morgan fingerprint density at radius 1 is 1.13 bits per heavy atom. The van der Waals surface area contributed by atoms with E-state index < -0.39 is 5.97 Å². The number of carbonyl (C=O) groups is 3. The third-order valence-electron chi connectivity index (χ3n) is 3.47. The maximum Gasteiger partial charge on any atom is 0.338 e. The Balaban J connectivity index is 2.43. The largest absolute Gasteiger partial charge is 0.465 e. The average Bonchev–Trinajstić information content (AvgIpc) is 2.51. The minimum absolute atomic E-state index is 0.0382. The number of rotatable bonds is 8. The van der Waals surface area contributed by atoms with E-state index in [0.29, 0.717) is 29.8 Å². The first-order valence-electron chi connectivity index (χ1n) is 7.68. The van der Waals surface area contributed by atoms with E-state index in [1.54, 1.807) is 25.1 Å². The van der Waals surface area contributed by atoms with Gasteiger partial charge in [-0.25, -0.2) is 4.79 Å². The molecule has 0 fully saturated rings. The Labute approximate surface area is 136 Å². The fraction of sp³-hybridized carbons (Fsp3) is 0.471. The van der Waals surface area contributed by atoms with Gasteiger partial charge in [-0.15, -0.1) is 0 Å².